The van der Waals surface area contributed by atoms with Crippen molar-refractivity contribution in [2.75, 3.05) is 6.54 Å². The van der Waals surface area contributed by atoms with Crippen molar-refractivity contribution >= 4 is 11.3 Å². The van der Waals surface area contributed by atoms with Gasteiger partial charge in [-0.1, -0.05) is 26.0 Å². The first-order chi connectivity index (χ1) is 10.1. The van der Waals surface area contributed by atoms with Gasteiger partial charge in [-0.05, 0) is 43.5 Å². The van der Waals surface area contributed by atoms with E-state index in [1.54, 1.807) is 11.3 Å². The average molecular weight is 304 g/mol. The van der Waals surface area contributed by atoms with Crippen LogP contribution < -0.4 is 10.1 Å². The van der Waals surface area contributed by atoms with Gasteiger partial charge in [0.2, 0.25) is 0 Å². The number of thiazole rings is 1. The third-order valence-corrected chi connectivity index (χ3v) is 4.24. The number of benzene rings is 1. The van der Waals surface area contributed by atoms with Crippen LogP contribution in [0.15, 0.2) is 23.6 Å². The molecule has 0 spiro atoms. The van der Waals surface area contributed by atoms with E-state index in [0.29, 0.717) is 12.5 Å². The van der Waals surface area contributed by atoms with Crippen molar-refractivity contribution in [3.63, 3.8) is 0 Å². The molecule has 0 aliphatic heterocycles. The Morgan fingerprint density at radius 1 is 1.29 bits per heavy atom. The number of nitrogens with one attached hydrogen (secondary N) is 1. The Kier molecular flexibility index (Phi) is 5.76. The normalized spacial score (nSPS) is 11.1. The molecule has 1 aromatic carbocycles. The molecule has 4 heteroatoms. The fraction of sp³-hybridized carbons (Fsp3) is 0.471. The molecule has 2 rings (SSSR count). The van der Waals surface area contributed by atoms with Gasteiger partial charge in [-0.15, -0.1) is 11.3 Å². The van der Waals surface area contributed by atoms with Gasteiger partial charge in [-0.2, -0.15) is 0 Å². The average Bonchev–Trinajstić information content (AvgIpc) is 2.88. The van der Waals surface area contributed by atoms with Gasteiger partial charge < -0.3 is 10.1 Å². The summed E-state index contributed by atoms with van der Waals surface area (Å²) >= 11 is 1.66. The maximum atomic E-state index is 5.89. The summed E-state index contributed by atoms with van der Waals surface area (Å²) in [6.07, 6.45) is 0. The van der Waals surface area contributed by atoms with Crippen molar-refractivity contribution < 1.29 is 4.74 Å². The van der Waals surface area contributed by atoms with Crippen LogP contribution in [0.25, 0.3) is 0 Å². The Hall–Kier alpha value is -1.39. The fourth-order valence-corrected chi connectivity index (χ4v) is 2.71. The smallest absolute Gasteiger partial charge is 0.140 e. The summed E-state index contributed by atoms with van der Waals surface area (Å²) < 4.78 is 5.89. The van der Waals surface area contributed by atoms with Crippen LogP contribution in [0, 0.1) is 19.8 Å². The van der Waals surface area contributed by atoms with Crippen molar-refractivity contribution in [1.82, 2.24) is 10.3 Å². The van der Waals surface area contributed by atoms with Gasteiger partial charge in [0, 0.05) is 11.9 Å². The van der Waals surface area contributed by atoms with Crippen molar-refractivity contribution in [2.45, 2.75) is 40.8 Å². The molecule has 3 nitrogen and oxygen atoms in total. The SMILES string of the molecule is Cc1cccc(OCc2nc(CNCC(C)C)cs2)c1C. The lowest BCUT2D eigenvalue weighted by Gasteiger charge is -2.09. The van der Waals surface area contributed by atoms with Crippen molar-refractivity contribution in [3.8, 4) is 5.75 Å². The number of hydrogen-bond donors (Lipinski definition) is 1. The number of ether oxygens (including phenoxy) is 1. The highest BCUT2D eigenvalue weighted by atomic mass is 32.1. The predicted molar refractivity (Wildman–Crippen MR) is 88.9 cm³/mol. The maximum absolute atomic E-state index is 5.89. The number of aryl methyl sites for hydroxylation is 1. The van der Waals surface area contributed by atoms with Gasteiger partial charge in [-0.3, -0.25) is 0 Å². The Morgan fingerprint density at radius 3 is 2.86 bits per heavy atom. The Labute approximate surface area is 131 Å². The first-order valence-corrected chi connectivity index (χ1v) is 8.27. The number of rotatable bonds is 7. The minimum Gasteiger partial charge on any atom is -0.486 e. The monoisotopic (exact) mass is 304 g/mol. The van der Waals surface area contributed by atoms with Crippen LogP contribution in [0.3, 0.4) is 0 Å². The van der Waals surface area contributed by atoms with E-state index in [9.17, 15) is 0 Å². The number of aromatic nitrogens is 1. The van der Waals surface area contributed by atoms with Crippen LogP contribution in [0.4, 0.5) is 0 Å². The van der Waals surface area contributed by atoms with E-state index in [4.69, 9.17) is 4.74 Å². The lowest BCUT2D eigenvalue weighted by atomic mass is 10.1. The molecule has 0 saturated heterocycles. The van der Waals surface area contributed by atoms with Crippen LogP contribution in [-0.4, -0.2) is 11.5 Å². The van der Waals surface area contributed by atoms with E-state index in [1.165, 1.54) is 11.1 Å². The molecular formula is C17H24N2OS. The van der Waals surface area contributed by atoms with Crippen LogP contribution in [0.2, 0.25) is 0 Å². The third-order valence-electron chi connectivity index (χ3n) is 3.36. The second kappa shape index (κ2) is 7.57. The highest BCUT2D eigenvalue weighted by molar-refractivity contribution is 7.09. The zero-order valence-corrected chi connectivity index (χ0v) is 14.1. The molecule has 0 radical (unpaired) electrons. The van der Waals surface area contributed by atoms with Crippen molar-refractivity contribution in [2.24, 2.45) is 5.92 Å². The van der Waals surface area contributed by atoms with Gasteiger partial charge in [-0.25, -0.2) is 4.98 Å². The Bertz CT molecular complexity index is 578. The summed E-state index contributed by atoms with van der Waals surface area (Å²) in [5.41, 5.74) is 3.55. The lowest BCUT2D eigenvalue weighted by molar-refractivity contribution is 0.303. The van der Waals surface area contributed by atoms with Gasteiger partial charge >= 0.3 is 0 Å². The molecular weight excluding hydrogens is 280 g/mol. The number of nitrogens with zero attached hydrogens (tertiary/aromatic N) is 1. The topological polar surface area (TPSA) is 34.1 Å². The molecule has 0 fully saturated rings. The molecule has 1 aromatic heterocycles. The standard InChI is InChI=1S/C17H24N2OS/c1-12(2)8-18-9-15-11-21-17(19-15)10-20-16-7-5-6-13(3)14(16)4/h5-7,11-12,18H,8-10H2,1-4H3. The first-order valence-electron chi connectivity index (χ1n) is 7.39. The summed E-state index contributed by atoms with van der Waals surface area (Å²) in [4.78, 5) is 4.61. The fourth-order valence-electron chi connectivity index (χ4n) is 2.01. The van der Waals surface area contributed by atoms with E-state index in [0.717, 1.165) is 29.5 Å². The van der Waals surface area contributed by atoms with Gasteiger partial charge in [0.1, 0.15) is 17.4 Å². The third kappa shape index (κ3) is 4.83. The van der Waals surface area contributed by atoms with E-state index in [1.807, 2.05) is 12.1 Å². The summed E-state index contributed by atoms with van der Waals surface area (Å²) in [5.74, 6) is 1.61. The van der Waals surface area contributed by atoms with E-state index in [2.05, 4.69) is 49.4 Å². The first kappa shape index (κ1) is 16.0. The van der Waals surface area contributed by atoms with Crippen molar-refractivity contribution in [3.05, 3.63) is 45.4 Å². The van der Waals surface area contributed by atoms with Crippen molar-refractivity contribution in [1.29, 1.82) is 0 Å². The van der Waals surface area contributed by atoms with Gasteiger partial charge in [0.05, 0.1) is 5.69 Å². The molecule has 0 aliphatic rings. The van der Waals surface area contributed by atoms with Crippen LogP contribution >= 0.6 is 11.3 Å². The van der Waals surface area contributed by atoms with E-state index < -0.39 is 0 Å². The molecule has 0 unspecified atom stereocenters. The summed E-state index contributed by atoms with van der Waals surface area (Å²) in [7, 11) is 0. The highest BCUT2D eigenvalue weighted by Gasteiger charge is 2.06. The predicted octanol–water partition coefficient (Wildman–Crippen LogP) is 4.08. The largest absolute Gasteiger partial charge is 0.486 e. The minimum absolute atomic E-state index is 0.541. The summed E-state index contributed by atoms with van der Waals surface area (Å²) in [5, 5.41) is 6.54. The van der Waals surface area contributed by atoms with Gasteiger partial charge in [0.25, 0.3) is 0 Å². The molecule has 0 saturated carbocycles. The van der Waals surface area contributed by atoms with Gasteiger partial charge in [0.15, 0.2) is 0 Å². The highest BCUT2D eigenvalue weighted by Crippen LogP contribution is 2.22. The molecule has 0 aliphatic carbocycles. The van der Waals surface area contributed by atoms with E-state index in [-0.39, 0.29) is 0 Å². The Balaban J connectivity index is 1.86. The molecule has 0 amide bonds. The minimum atomic E-state index is 0.541. The zero-order chi connectivity index (χ0) is 15.2. The second-order valence-corrected chi connectivity index (χ2v) is 6.69. The Morgan fingerprint density at radius 2 is 2.10 bits per heavy atom. The quantitative estimate of drug-likeness (QED) is 0.837. The van der Waals surface area contributed by atoms with Crippen LogP contribution in [-0.2, 0) is 13.2 Å². The molecule has 21 heavy (non-hydrogen) atoms. The molecule has 1 heterocycles. The molecule has 0 bridgehead atoms. The molecule has 1 N–H and O–H groups in total. The maximum Gasteiger partial charge on any atom is 0.140 e. The zero-order valence-electron chi connectivity index (χ0n) is 13.3. The molecule has 0 atom stereocenters. The lowest BCUT2D eigenvalue weighted by Crippen LogP contribution is -2.19. The summed E-state index contributed by atoms with van der Waals surface area (Å²) in [6, 6.07) is 6.14. The molecule has 114 valence electrons. The number of hydrogen-bond acceptors (Lipinski definition) is 4. The second-order valence-electron chi connectivity index (χ2n) is 5.74. The van der Waals surface area contributed by atoms with Crippen LogP contribution in [0.1, 0.15) is 35.7 Å². The molecule has 2 aromatic rings. The summed E-state index contributed by atoms with van der Waals surface area (Å²) in [6.45, 7) is 11.0. The van der Waals surface area contributed by atoms with E-state index >= 15 is 0 Å². The van der Waals surface area contributed by atoms with Crippen LogP contribution in [0.5, 0.6) is 5.75 Å².